The van der Waals surface area contributed by atoms with Crippen molar-refractivity contribution in [2.75, 3.05) is 13.2 Å². The van der Waals surface area contributed by atoms with Crippen LogP contribution in [0.1, 0.15) is 213 Å². The predicted molar refractivity (Wildman–Crippen MR) is 215 cm³/mol. The van der Waals surface area contributed by atoms with Crippen LogP contribution in [-0.4, -0.2) is 37.2 Å². The summed E-state index contributed by atoms with van der Waals surface area (Å²) in [7, 11) is 0. The lowest BCUT2D eigenvalue weighted by Crippen LogP contribution is -2.30. The number of allylic oxidation sites excluding steroid dienone is 6. The highest BCUT2D eigenvalue weighted by Gasteiger charge is 2.19. The molecule has 1 atom stereocenters. The van der Waals surface area contributed by atoms with Crippen LogP contribution in [0.4, 0.5) is 0 Å². The Morgan fingerprint density at radius 1 is 0.412 bits per heavy atom. The molecule has 0 bridgehead atoms. The summed E-state index contributed by atoms with van der Waals surface area (Å²) in [5.41, 5.74) is 0. The average molecular weight is 717 g/mol. The van der Waals surface area contributed by atoms with Crippen molar-refractivity contribution < 1.29 is 28.6 Å². The monoisotopic (exact) mass is 717 g/mol. The molecule has 0 heterocycles. The molecule has 0 saturated carbocycles. The Morgan fingerprint density at radius 2 is 0.784 bits per heavy atom. The molecule has 0 aliphatic carbocycles. The number of unbranched alkanes of at least 4 members (excludes halogenated alkanes) is 21. The van der Waals surface area contributed by atoms with Gasteiger partial charge < -0.3 is 14.2 Å². The van der Waals surface area contributed by atoms with Gasteiger partial charge >= 0.3 is 17.9 Å². The number of rotatable bonds is 38. The van der Waals surface area contributed by atoms with Crippen molar-refractivity contribution in [2.45, 2.75) is 219 Å². The van der Waals surface area contributed by atoms with Gasteiger partial charge in [-0.15, -0.1) is 0 Å². The zero-order valence-electron chi connectivity index (χ0n) is 33.6. The third-order valence-corrected chi connectivity index (χ3v) is 9.13. The van der Waals surface area contributed by atoms with Crippen LogP contribution < -0.4 is 0 Å². The molecule has 0 N–H and O–H groups in total. The molecule has 0 amide bonds. The van der Waals surface area contributed by atoms with Gasteiger partial charge in [-0.2, -0.15) is 0 Å². The highest BCUT2D eigenvalue weighted by atomic mass is 16.6. The lowest BCUT2D eigenvalue weighted by atomic mass is 10.1. The minimum absolute atomic E-state index is 0.0813. The van der Waals surface area contributed by atoms with Crippen molar-refractivity contribution in [3.05, 3.63) is 36.5 Å². The largest absolute Gasteiger partial charge is 0.462 e. The van der Waals surface area contributed by atoms with E-state index in [-0.39, 0.29) is 31.1 Å². The third kappa shape index (κ3) is 38.7. The number of hydrogen-bond acceptors (Lipinski definition) is 6. The molecule has 0 aliphatic heterocycles. The summed E-state index contributed by atoms with van der Waals surface area (Å²) in [5, 5.41) is 0. The normalized spacial score (nSPS) is 12.3. The maximum absolute atomic E-state index is 12.7. The Bertz CT molecular complexity index is 876. The Morgan fingerprint density at radius 3 is 1.25 bits per heavy atom. The Hall–Kier alpha value is -2.37. The molecule has 296 valence electrons. The second kappa shape index (κ2) is 40.4. The zero-order valence-corrected chi connectivity index (χ0v) is 33.6. The first-order valence-corrected chi connectivity index (χ1v) is 21.5. The Kier molecular flexibility index (Phi) is 38.5. The molecule has 6 heteroatoms. The number of ether oxygens (including phenoxy) is 3. The Balaban J connectivity index is 4.40. The molecule has 1 unspecified atom stereocenters. The summed E-state index contributed by atoms with van der Waals surface area (Å²) < 4.78 is 16.6. The molecule has 0 radical (unpaired) electrons. The summed E-state index contributed by atoms with van der Waals surface area (Å²) in [6.45, 7) is 6.44. The van der Waals surface area contributed by atoms with Crippen molar-refractivity contribution in [1.29, 1.82) is 0 Å². The highest BCUT2D eigenvalue weighted by molar-refractivity contribution is 5.71. The average Bonchev–Trinajstić information content (AvgIpc) is 3.12. The maximum Gasteiger partial charge on any atom is 0.306 e. The standard InChI is InChI=1S/C45H80O6/c1-4-7-10-13-16-19-22-24-26-29-32-35-38-44(47)50-41-42(40-49-43(46)37-34-31-28-25-21-18-15-12-9-6-3)51-45(48)39-36-33-30-27-23-20-17-14-11-8-5-2/h7,10,15-16,18-19,42H,4-6,8-9,11-14,17,20-41H2,1-3H3/b10-7-,18-15-,19-16-. The molecule has 0 saturated heterocycles. The maximum atomic E-state index is 12.7. The molecular weight excluding hydrogens is 636 g/mol. The lowest BCUT2D eigenvalue weighted by molar-refractivity contribution is -0.167. The molecule has 6 nitrogen and oxygen atoms in total. The van der Waals surface area contributed by atoms with Crippen LogP contribution in [-0.2, 0) is 28.6 Å². The Labute approximate surface area is 315 Å². The van der Waals surface area contributed by atoms with Crippen LogP contribution >= 0.6 is 0 Å². The number of carbonyl (C=O) groups excluding carboxylic acids is 3. The summed E-state index contributed by atoms with van der Waals surface area (Å²) in [6, 6.07) is 0. The third-order valence-electron chi connectivity index (χ3n) is 9.13. The van der Waals surface area contributed by atoms with Crippen molar-refractivity contribution in [3.63, 3.8) is 0 Å². The van der Waals surface area contributed by atoms with Crippen LogP contribution in [0, 0.1) is 0 Å². The van der Waals surface area contributed by atoms with E-state index in [0.29, 0.717) is 19.3 Å². The van der Waals surface area contributed by atoms with Gasteiger partial charge in [0.15, 0.2) is 6.10 Å². The van der Waals surface area contributed by atoms with Gasteiger partial charge in [0, 0.05) is 19.3 Å². The lowest BCUT2D eigenvalue weighted by Gasteiger charge is -2.18. The number of esters is 3. The van der Waals surface area contributed by atoms with E-state index in [1.54, 1.807) is 0 Å². The molecule has 0 fully saturated rings. The summed E-state index contributed by atoms with van der Waals surface area (Å²) in [5.74, 6) is -0.911. The molecule has 0 aromatic carbocycles. The van der Waals surface area contributed by atoms with Gasteiger partial charge in [0.05, 0.1) is 0 Å². The fraction of sp³-hybridized carbons (Fsp3) is 0.800. The SMILES string of the molecule is CC/C=C\C/C=C\CCCCCCCC(=O)OCC(COC(=O)CCCCCC/C=C\CCCC)OC(=O)CCCCCCCCCCCCC. The summed E-state index contributed by atoms with van der Waals surface area (Å²) >= 11 is 0. The molecular formula is C45H80O6. The quantitative estimate of drug-likeness (QED) is 0.0274. The van der Waals surface area contributed by atoms with Crippen molar-refractivity contribution >= 4 is 17.9 Å². The van der Waals surface area contributed by atoms with Crippen LogP contribution in [0.2, 0.25) is 0 Å². The van der Waals surface area contributed by atoms with Gasteiger partial charge in [-0.3, -0.25) is 14.4 Å². The molecule has 0 aromatic rings. The summed E-state index contributed by atoms with van der Waals surface area (Å²) in [4.78, 5) is 37.6. The van der Waals surface area contributed by atoms with Crippen LogP contribution in [0.15, 0.2) is 36.5 Å². The van der Waals surface area contributed by atoms with Gasteiger partial charge in [0.1, 0.15) is 13.2 Å². The van der Waals surface area contributed by atoms with E-state index in [0.717, 1.165) is 103 Å². The van der Waals surface area contributed by atoms with Gasteiger partial charge in [0.25, 0.3) is 0 Å². The highest BCUT2D eigenvalue weighted by Crippen LogP contribution is 2.14. The number of hydrogen-bond donors (Lipinski definition) is 0. The van der Waals surface area contributed by atoms with Crippen molar-refractivity contribution in [1.82, 2.24) is 0 Å². The van der Waals surface area contributed by atoms with Crippen molar-refractivity contribution in [2.24, 2.45) is 0 Å². The van der Waals surface area contributed by atoms with Crippen molar-refractivity contribution in [3.8, 4) is 0 Å². The second-order valence-electron chi connectivity index (χ2n) is 14.2. The molecule has 0 aromatic heterocycles. The van der Waals surface area contributed by atoms with E-state index in [2.05, 4.69) is 57.2 Å². The van der Waals surface area contributed by atoms with Crippen LogP contribution in [0.3, 0.4) is 0 Å². The fourth-order valence-electron chi connectivity index (χ4n) is 5.87. The first-order valence-electron chi connectivity index (χ1n) is 21.5. The van der Waals surface area contributed by atoms with Gasteiger partial charge in [-0.1, -0.05) is 166 Å². The molecule has 0 rings (SSSR count). The number of carbonyl (C=O) groups is 3. The van der Waals surface area contributed by atoms with E-state index in [1.807, 2.05) is 0 Å². The molecule has 0 spiro atoms. The first-order chi connectivity index (χ1) is 25.0. The van der Waals surface area contributed by atoms with Crippen LogP contribution in [0.5, 0.6) is 0 Å². The van der Waals surface area contributed by atoms with Gasteiger partial charge in [-0.25, -0.2) is 0 Å². The zero-order chi connectivity index (χ0) is 37.3. The minimum atomic E-state index is -0.775. The molecule has 51 heavy (non-hydrogen) atoms. The fourth-order valence-corrected chi connectivity index (χ4v) is 5.87. The first kappa shape index (κ1) is 48.6. The second-order valence-corrected chi connectivity index (χ2v) is 14.2. The molecule has 0 aliphatic rings. The van der Waals surface area contributed by atoms with Gasteiger partial charge in [0.2, 0.25) is 0 Å². The van der Waals surface area contributed by atoms with Gasteiger partial charge in [-0.05, 0) is 64.2 Å². The summed E-state index contributed by atoms with van der Waals surface area (Å²) in [6.07, 6.45) is 44.1. The predicted octanol–water partition coefficient (Wildman–Crippen LogP) is 13.4. The van der Waals surface area contributed by atoms with E-state index in [4.69, 9.17) is 14.2 Å². The topological polar surface area (TPSA) is 78.9 Å². The minimum Gasteiger partial charge on any atom is -0.462 e. The van der Waals surface area contributed by atoms with E-state index in [9.17, 15) is 14.4 Å². The van der Waals surface area contributed by atoms with Crippen LogP contribution in [0.25, 0.3) is 0 Å². The van der Waals surface area contributed by atoms with E-state index < -0.39 is 6.10 Å². The smallest absolute Gasteiger partial charge is 0.306 e. The van der Waals surface area contributed by atoms with E-state index >= 15 is 0 Å². The van der Waals surface area contributed by atoms with E-state index in [1.165, 1.54) is 70.6 Å².